The zero-order valence-corrected chi connectivity index (χ0v) is 22.4. The second-order valence-electron chi connectivity index (χ2n) is 11.0. The molecule has 0 saturated heterocycles. The Morgan fingerprint density at radius 2 is 1.28 bits per heavy atom. The monoisotopic (exact) mass is 444 g/mol. The summed E-state index contributed by atoms with van der Waals surface area (Å²) in [6.07, 6.45) is 18.2. The molecule has 0 aromatic heterocycles. The van der Waals surface area contributed by atoms with E-state index in [2.05, 4.69) is 65.5 Å². The van der Waals surface area contributed by atoms with E-state index in [0.717, 1.165) is 37.5 Å². The zero-order chi connectivity index (χ0) is 24.6. The molecule has 0 bridgehead atoms. The molecule has 0 spiro atoms. The second kappa shape index (κ2) is 16.3. The molecule has 2 unspecified atom stereocenters. The molecule has 0 saturated carbocycles. The van der Waals surface area contributed by atoms with E-state index < -0.39 is 11.2 Å². The van der Waals surface area contributed by atoms with Crippen molar-refractivity contribution in [1.82, 2.24) is 0 Å². The summed E-state index contributed by atoms with van der Waals surface area (Å²) in [6.45, 7) is 17.0. The minimum atomic E-state index is -1.01. The summed E-state index contributed by atoms with van der Waals surface area (Å²) in [4.78, 5) is 0. The third-order valence-corrected chi connectivity index (χ3v) is 5.84. The van der Waals surface area contributed by atoms with Crippen molar-refractivity contribution >= 4 is 0 Å². The van der Waals surface area contributed by atoms with Crippen LogP contribution < -0.4 is 0 Å². The highest BCUT2D eigenvalue weighted by atomic mass is 16.3. The molecule has 0 rings (SSSR count). The van der Waals surface area contributed by atoms with Crippen molar-refractivity contribution in [2.45, 2.75) is 131 Å². The first-order valence-electron chi connectivity index (χ1n) is 12.8. The summed E-state index contributed by atoms with van der Waals surface area (Å²) < 4.78 is 0. The van der Waals surface area contributed by atoms with E-state index in [-0.39, 0.29) is 0 Å². The lowest BCUT2D eigenvalue weighted by molar-refractivity contribution is 0.103. The van der Waals surface area contributed by atoms with Crippen LogP contribution in [0.3, 0.4) is 0 Å². The van der Waals surface area contributed by atoms with E-state index in [0.29, 0.717) is 12.8 Å². The van der Waals surface area contributed by atoms with Crippen LogP contribution in [-0.4, -0.2) is 21.4 Å². The van der Waals surface area contributed by atoms with Crippen LogP contribution in [0, 0.1) is 23.7 Å². The summed E-state index contributed by atoms with van der Waals surface area (Å²) in [7, 11) is 0. The summed E-state index contributed by atoms with van der Waals surface area (Å²) >= 11 is 0. The minimum Gasteiger partial charge on any atom is -0.386 e. The highest BCUT2D eigenvalue weighted by Crippen LogP contribution is 2.18. The van der Waals surface area contributed by atoms with Gasteiger partial charge in [0.1, 0.15) is 5.60 Å². The Labute approximate surface area is 200 Å². The van der Waals surface area contributed by atoms with Gasteiger partial charge in [0, 0.05) is 0 Å². The summed E-state index contributed by atoms with van der Waals surface area (Å²) in [6, 6.07) is 0. The van der Waals surface area contributed by atoms with Gasteiger partial charge in [0.25, 0.3) is 0 Å². The Hall–Kier alpha value is -1.30. The highest BCUT2D eigenvalue weighted by Gasteiger charge is 2.16. The van der Waals surface area contributed by atoms with Crippen molar-refractivity contribution in [3.05, 3.63) is 35.5 Å². The number of aliphatic hydroxyl groups is 2. The predicted molar refractivity (Wildman–Crippen MR) is 142 cm³/mol. The number of hydrogen-bond acceptors (Lipinski definition) is 2. The van der Waals surface area contributed by atoms with Gasteiger partial charge in [-0.3, -0.25) is 0 Å². The Morgan fingerprint density at radius 1 is 0.812 bits per heavy atom. The topological polar surface area (TPSA) is 40.5 Å². The Balaban J connectivity index is 4.41. The van der Waals surface area contributed by atoms with Crippen molar-refractivity contribution < 1.29 is 10.2 Å². The maximum Gasteiger partial charge on any atom is 0.123 e. The van der Waals surface area contributed by atoms with Gasteiger partial charge < -0.3 is 10.2 Å². The zero-order valence-electron chi connectivity index (χ0n) is 22.4. The van der Waals surface area contributed by atoms with Crippen LogP contribution in [0.1, 0.15) is 120 Å². The van der Waals surface area contributed by atoms with Crippen LogP contribution in [0.5, 0.6) is 0 Å². The van der Waals surface area contributed by atoms with Crippen LogP contribution >= 0.6 is 0 Å². The molecule has 2 N–H and O–H groups in total. The van der Waals surface area contributed by atoms with E-state index in [1.165, 1.54) is 36.8 Å². The molecule has 2 heteroatoms. The van der Waals surface area contributed by atoms with Crippen molar-refractivity contribution in [2.75, 3.05) is 0 Å². The Bertz CT molecular complexity index is 648. The Morgan fingerprint density at radius 3 is 1.75 bits per heavy atom. The second-order valence-corrected chi connectivity index (χ2v) is 11.0. The molecule has 184 valence electrons. The molecule has 0 heterocycles. The van der Waals surface area contributed by atoms with Gasteiger partial charge in [0.15, 0.2) is 0 Å². The molecule has 0 aliphatic heterocycles. The van der Waals surface area contributed by atoms with Gasteiger partial charge >= 0.3 is 0 Å². The first-order valence-corrected chi connectivity index (χ1v) is 12.8. The van der Waals surface area contributed by atoms with Crippen LogP contribution in [0.2, 0.25) is 0 Å². The average molecular weight is 445 g/mol. The van der Waals surface area contributed by atoms with E-state index in [1.54, 1.807) is 19.1 Å². The van der Waals surface area contributed by atoms with Crippen molar-refractivity contribution in [3.63, 3.8) is 0 Å². The predicted octanol–water partition coefficient (Wildman–Crippen LogP) is 8.15. The van der Waals surface area contributed by atoms with E-state index in [1.807, 2.05) is 6.92 Å². The molecular formula is C30H52O2. The maximum atomic E-state index is 10.6. The quantitative estimate of drug-likeness (QED) is 0.197. The summed E-state index contributed by atoms with van der Waals surface area (Å²) in [5, 5.41) is 21.1. The maximum absolute atomic E-state index is 10.6. The normalized spacial score (nSPS) is 16.9. The largest absolute Gasteiger partial charge is 0.386 e. The molecule has 0 fully saturated rings. The van der Waals surface area contributed by atoms with E-state index in [4.69, 9.17) is 0 Å². The Kier molecular flexibility index (Phi) is 15.7. The number of rotatable bonds is 15. The molecule has 0 aliphatic carbocycles. The SMILES string of the molecule is CC(=CCCC(C)(O)C#CC=CC(C)(O)CCC=C(C)CCCC(C)C)CCCC(C)C. The van der Waals surface area contributed by atoms with Crippen LogP contribution in [-0.2, 0) is 0 Å². The van der Waals surface area contributed by atoms with Gasteiger partial charge in [0.2, 0.25) is 0 Å². The van der Waals surface area contributed by atoms with Gasteiger partial charge in [-0.25, -0.2) is 0 Å². The fourth-order valence-electron chi connectivity index (χ4n) is 3.56. The van der Waals surface area contributed by atoms with Crippen molar-refractivity contribution in [3.8, 4) is 11.8 Å². The molecule has 0 aromatic rings. The fourth-order valence-corrected chi connectivity index (χ4v) is 3.56. The number of allylic oxidation sites excluding steroid dienone is 5. The minimum absolute atomic E-state index is 0.618. The molecule has 32 heavy (non-hydrogen) atoms. The molecule has 2 nitrogen and oxygen atoms in total. The van der Waals surface area contributed by atoms with E-state index >= 15 is 0 Å². The van der Waals surface area contributed by atoms with Gasteiger partial charge in [-0.05, 0) is 103 Å². The third kappa shape index (κ3) is 19.4. The molecule has 2 atom stereocenters. The fraction of sp³-hybridized carbons (Fsp3) is 0.733. The lowest BCUT2D eigenvalue weighted by Crippen LogP contribution is -2.21. The standard InChI is InChI=1S/C30H52O2/c1-25(2)15-11-17-27(5)19-13-23-29(7,31)21-9-10-22-30(8,32)24-14-20-28(6)18-12-16-26(3)4/h9,19-21,25-26,31-32H,11-18,23-24H2,1-8H3. The third-order valence-electron chi connectivity index (χ3n) is 5.84. The first-order chi connectivity index (χ1) is 14.8. The number of hydrogen-bond donors (Lipinski definition) is 2. The summed E-state index contributed by atoms with van der Waals surface area (Å²) in [5.41, 5.74) is 0.909. The van der Waals surface area contributed by atoms with Gasteiger partial charge in [-0.2, -0.15) is 0 Å². The highest BCUT2D eigenvalue weighted by molar-refractivity contribution is 5.23. The molecule has 0 amide bonds. The van der Waals surface area contributed by atoms with Crippen molar-refractivity contribution in [1.29, 1.82) is 0 Å². The molecular weight excluding hydrogens is 392 g/mol. The molecule has 0 aromatic carbocycles. The lowest BCUT2D eigenvalue weighted by atomic mass is 9.97. The van der Waals surface area contributed by atoms with Crippen LogP contribution in [0.25, 0.3) is 0 Å². The lowest BCUT2D eigenvalue weighted by Gasteiger charge is -2.17. The average Bonchev–Trinajstić information content (AvgIpc) is 2.64. The van der Waals surface area contributed by atoms with Gasteiger partial charge in [0.05, 0.1) is 5.60 Å². The van der Waals surface area contributed by atoms with E-state index in [9.17, 15) is 10.2 Å². The first kappa shape index (κ1) is 30.7. The summed E-state index contributed by atoms with van der Waals surface area (Å²) in [5.74, 6) is 7.38. The molecule has 0 radical (unpaired) electrons. The molecule has 0 aliphatic rings. The smallest absolute Gasteiger partial charge is 0.123 e. The van der Waals surface area contributed by atoms with Crippen LogP contribution in [0.4, 0.5) is 0 Å². The van der Waals surface area contributed by atoms with Crippen molar-refractivity contribution in [2.24, 2.45) is 11.8 Å². The van der Waals surface area contributed by atoms with Gasteiger partial charge in [-0.1, -0.05) is 75.7 Å². The van der Waals surface area contributed by atoms with Crippen LogP contribution in [0.15, 0.2) is 35.5 Å². The van der Waals surface area contributed by atoms with Gasteiger partial charge in [-0.15, -0.1) is 0 Å².